The van der Waals surface area contributed by atoms with Crippen LogP contribution in [0.25, 0.3) is 0 Å². The number of aromatic nitrogens is 2. The molecule has 0 aliphatic carbocycles. The first-order valence-electron chi connectivity index (χ1n) is 6.32. The summed E-state index contributed by atoms with van der Waals surface area (Å²) in [7, 11) is 1.62. The van der Waals surface area contributed by atoms with Crippen LogP contribution >= 0.6 is 11.6 Å². The molecule has 2 rings (SSSR count). The second kappa shape index (κ2) is 6.83. The van der Waals surface area contributed by atoms with E-state index in [0.29, 0.717) is 35.9 Å². The summed E-state index contributed by atoms with van der Waals surface area (Å²) in [6.07, 6.45) is 1.92. The molecule has 2 aromatic rings. The molecular formula is C14H17ClFN3O. The molecule has 4 nitrogen and oxygen atoms in total. The Morgan fingerprint density at radius 3 is 2.90 bits per heavy atom. The van der Waals surface area contributed by atoms with Crippen LogP contribution in [-0.4, -0.2) is 23.5 Å². The first-order chi connectivity index (χ1) is 9.63. The number of halogens is 2. The zero-order valence-corrected chi connectivity index (χ0v) is 12.0. The molecule has 1 atom stereocenters. The van der Waals surface area contributed by atoms with Crippen molar-refractivity contribution in [2.45, 2.75) is 19.0 Å². The number of rotatable bonds is 6. The molecular weight excluding hydrogens is 281 g/mol. The maximum absolute atomic E-state index is 13.7. The van der Waals surface area contributed by atoms with Gasteiger partial charge in [0.05, 0.1) is 36.1 Å². The van der Waals surface area contributed by atoms with Crippen LogP contribution in [0.1, 0.15) is 17.3 Å². The highest BCUT2D eigenvalue weighted by Gasteiger charge is 2.18. The first kappa shape index (κ1) is 15.0. The van der Waals surface area contributed by atoms with Gasteiger partial charge in [0.1, 0.15) is 5.82 Å². The number of hydrogen-bond acceptors (Lipinski definition) is 3. The Bertz CT molecular complexity index is 573. The van der Waals surface area contributed by atoms with Gasteiger partial charge < -0.3 is 10.5 Å². The molecule has 0 spiro atoms. The average Bonchev–Trinajstić information content (AvgIpc) is 2.80. The highest BCUT2D eigenvalue weighted by molar-refractivity contribution is 6.31. The second-order valence-electron chi connectivity index (χ2n) is 4.50. The fourth-order valence-corrected chi connectivity index (χ4v) is 2.38. The van der Waals surface area contributed by atoms with Gasteiger partial charge >= 0.3 is 0 Å². The molecule has 2 N–H and O–H groups in total. The smallest absolute Gasteiger partial charge is 0.126 e. The molecule has 0 amide bonds. The molecule has 0 aliphatic rings. The molecule has 1 heterocycles. The van der Waals surface area contributed by atoms with Crippen LogP contribution in [0.15, 0.2) is 30.5 Å². The molecule has 6 heteroatoms. The standard InChI is InChI=1S/C14H17ClFN3O/c1-20-7-6-19-14(11(15)9-18-19)13(17)8-10-4-2-3-5-12(10)16/h2-5,9,13H,6-8,17H2,1H3. The SMILES string of the molecule is COCCn1ncc(Cl)c1C(N)Cc1ccccc1F. The molecule has 0 radical (unpaired) electrons. The van der Waals surface area contributed by atoms with E-state index in [1.807, 2.05) is 0 Å². The van der Waals surface area contributed by atoms with Gasteiger partial charge in [-0.05, 0) is 18.1 Å². The van der Waals surface area contributed by atoms with E-state index in [0.717, 1.165) is 0 Å². The summed E-state index contributed by atoms with van der Waals surface area (Å²) in [6, 6.07) is 6.17. The van der Waals surface area contributed by atoms with Gasteiger partial charge in [-0.15, -0.1) is 0 Å². The highest BCUT2D eigenvalue weighted by atomic mass is 35.5. The van der Waals surface area contributed by atoms with Crippen molar-refractivity contribution < 1.29 is 9.13 Å². The van der Waals surface area contributed by atoms with E-state index in [1.54, 1.807) is 36.2 Å². The summed E-state index contributed by atoms with van der Waals surface area (Å²) in [4.78, 5) is 0. The van der Waals surface area contributed by atoms with E-state index in [2.05, 4.69) is 5.10 Å². The lowest BCUT2D eigenvalue weighted by molar-refractivity contribution is 0.182. The molecule has 20 heavy (non-hydrogen) atoms. The van der Waals surface area contributed by atoms with E-state index in [1.165, 1.54) is 6.07 Å². The molecule has 0 saturated carbocycles. The largest absolute Gasteiger partial charge is 0.383 e. The lowest BCUT2D eigenvalue weighted by Crippen LogP contribution is -2.20. The van der Waals surface area contributed by atoms with Crippen LogP contribution in [-0.2, 0) is 17.7 Å². The van der Waals surface area contributed by atoms with Crippen LogP contribution in [0, 0.1) is 5.82 Å². The molecule has 1 aromatic carbocycles. The Kier molecular flexibility index (Phi) is 5.11. The van der Waals surface area contributed by atoms with Crippen molar-refractivity contribution in [1.82, 2.24) is 9.78 Å². The molecule has 108 valence electrons. The third kappa shape index (κ3) is 3.36. The van der Waals surface area contributed by atoms with Crippen molar-refractivity contribution in [1.29, 1.82) is 0 Å². The summed E-state index contributed by atoms with van der Waals surface area (Å²) in [5.74, 6) is -0.262. The topological polar surface area (TPSA) is 53.1 Å². The van der Waals surface area contributed by atoms with Crippen molar-refractivity contribution in [2.24, 2.45) is 5.73 Å². The Hall–Kier alpha value is -1.43. The highest BCUT2D eigenvalue weighted by Crippen LogP contribution is 2.24. The van der Waals surface area contributed by atoms with Gasteiger partial charge in [0, 0.05) is 7.11 Å². The fourth-order valence-electron chi connectivity index (χ4n) is 2.09. The van der Waals surface area contributed by atoms with Crippen LogP contribution in [0.5, 0.6) is 0 Å². The predicted molar refractivity (Wildman–Crippen MR) is 76.1 cm³/mol. The predicted octanol–water partition coefficient (Wildman–Crippen LogP) is 2.56. The minimum Gasteiger partial charge on any atom is -0.383 e. The minimum absolute atomic E-state index is 0.262. The van der Waals surface area contributed by atoms with E-state index >= 15 is 0 Å². The number of hydrogen-bond donors (Lipinski definition) is 1. The first-order valence-corrected chi connectivity index (χ1v) is 6.70. The molecule has 0 bridgehead atoms. The number of nitrogens with zero attached hydrogens (tertiary/aromatic N) is 2. The van der Waals surface area contributed by atoms with E-state index in [4.69, 9.17) is 22.1 Å². The quantitative estimate of drug-likeness (QED) is 0.891. The second-order valence-corrected chi connectivity index (χ2v) is 4.90. The molecule has 0 fully saturated rings. The summed E-state index contributed by atoms with van der Waals surface area (Å²) in [5, 5.41) is 4.66. The summed E-state index contributed by atoms with van der Waals surface area (Å²) < 4.78 is 20.4. The molecule has 0 saturated heterocycles. The Balaban J connectivity index is 2.18. The monoisotopic (exact) mass is 297 g/mol. The molecule has 0 aliphatic heterocycles. The number of methoxy groups -OCH3 is 1. The van der Waals surface area contributed by atoms with Gasteiger partial charge in [-0.25, -0.2) is 4.39 Å². The third-order valence-electron chi connectivity index (χ3n) is 3.09. The van der Waals surface area contributed by atoms with E-state index in [-0.39, 0.29) is 5.82 Å². The van der Waals surface area contributed by atoms with Crippen LogP contribution in [0.3, 0.4) is 0 Å². The van der Waals surface area contributed by atoms with Crippen LogP contribution in [0.2, 0.25) is 5.02 Å². The maximum atomic E-state index is 13.7. The summed E-state index contributed by atoms with van der Waals surface area (Å²) in [6.45, 7) is 1.07. The van der Waals surface area contributed by atoms with Crippen LogP contribution < -0.4 is 5.73 Å². The normalized spacial score (nSPS) is 12.6. The van der Waals surface area contributed by atoms with Crippen LogP contribution in [0.4, 0.5) is 4.39 Å². The Morgan fingerprint density at radius 1 is 1.45 bits per heavy atom. The van der Waals surface area contributed by atoms with Gasteiger partial charge in [-0.2, -0.15) is 5.10 Å². The van der Waals surface area contributed by atoms with Crippen molar-refractivity contribution >= 4 is 11.6 Å². The number of benzene rings is 1. The van der Waals surface area contributed by atoms with Gasteiger partial charge in [0.15, 0.2) is 0 Å². The average molecular weight is 298 g/mol. The number of ether oxygens (including phenoxy) is 1. The summed E-state index contributed by atoms with van der Waals surface area (Å²) >= 11 is 6.13. The van der Waals surface area contributed by atoms with E-state index < -0.39 is 6.04 Å². The molecule has 1 unspecified atom stereocenters. The van der Waals surface area contributed by atoms with Gasteiger partial charge in [0.2, 0.25) is 0 Å². The van der Waals surface area contributed by atoms with Crippen molar-refractivity contribution in [3.8, 4) is 0 Å². The zero-order chi connectivity index (χ0) is 14.5. The van der Waals surface area contributed by atoms with Crippen molar-refractivity contribution in [3.05, 3.63) is 52.6 Å². The van der Waals surface area contributed by atoms with Crippen molar-refractivity contribution in [3.63, 3.8) is 0 Å². The Morgan fingerprint density at radius 2 is 2.20 bits per heavy atom. The van der Waals surface area contributed by atoms with Gasteiger partial charge in [-0.3, -0.25) is 4.68 Å². The minimum atomic E-state index is -0.418. The zero-order valence-electron chi connectivity index (χ0n) is 11.2. The lowest BCUT2D eigenvalue weighted by atomic mass is 10.0. The van der Waals surface area contributed by atoms with Gasteiger partial charge in [-0.1, -0.05) is 29.8 Å². The molecule has 1 aromatic heterocycles. The summed E-state index contributed by atoms with van der Waals surface area (Å²) in [5.41, 5.74) is 7.43. The third-order valence-corrected chi connectivity index (χ3v) is 3.38. The fraction of sp³-hybridized carbons (Fsp3) is 0.357. The Labute approximate surface area is 122 Å². The van der Waals surface area contributed by atoms with Crippen molar-refractivity contribution in [2.75, 3.05) is 13.7 Å². The number of nitrogens with two attached hydrogens (primary N) is 1. The lowest BCUT2D eigenvalue weighted by Gasteiger charge is -2.15. The van der Waals surface area contributed by atoms with Gasteiger partial charge in [0.25, 0.3) is 0 Å². The maximum Gasteiger partial charge on any atom is 0.126 e. The van der Waals surface area contributed by atoms with E-state index in [9.17, 15) is 4.39 Å².